The van der Waals surface area contributed by atoms with Gasteiger partial charge in [0.25, 0.3) is 0 Å². The van der Waals surface area contributed by atoms with Crippen molar-refractivity contribution in [1.29, 1.82) is 0 Å². The molecule has 0 aliphatic rings. The number of nitrogens with two attached hydrogens (primary N) is 1. The first-order valence-electron chi connectivity index (χ1n) is 4.79. The third kappa shape index (κ3) is 4.58. The summed E-state index contributed by atoms with van der Waals surface area (Å²) in [7, 11) is -2.22. The van der Waals surface area contributed by atoms with Crippen LogP contribution in [-0.4, -0.2) is 45.0 Å². The highest BCUT2D eigenvalue weighted by atomic mass is 32.2. The number of carbonyl (C=O) groups is 2. The van der Waals surface area contributed by atoms with E-state index >= 15 is 0 Å². The van der Waals surface area contributed by atoms with Gasteiger partial charge in [0.2, 0.25) is 5.91 Å². The summed E-state index contributed by atoms with van der Waals surface area (Å²) in [5.74, 6) is -0.998. The van der Waals surface area contributed by atoms with Gasteiger partial charge in [0.15, 0.2) is 9.84 Å². The summed E-state index contributed by atoms with van der Waals surface area (Å²) in [6.45, 7) is 1.48. The standard InChI is InChI=1S/C8H17N3O4S/c1-6(7(12)11-8(13)10-2)16(14,15)5-3-4-9/h6H,3-5,9H2,1-2H3,(H2,10,11,12,13). The van der Waals surface area contributed by atoms with Gasteiger partial charge in [-0.2, -0.15) is 0 Å². The van der Waals surface area contributed by atoms with Crippen LogP contribution in [0.1, 0.15) is 13.3 Å². The lowest BCUT2D eigenvalue weighted by Gasteiger charge is -2.11. The van der Waals surface area contributed by atoms with Crippen molar-refractivity contribution in [1.82, 2.24) is 10.6 Å². The number of hydrogen-bond acceptors (Lipinski definition) is 5. The molecule has 0 spiro atoms. The summed E-state index contributed by atoms with van der Waals surface area (Å²) >= 11 is 0. The molecule has 4 N–H and O–H groups in total. The van der Waals surface area contributed by atoms with Gasteiger partial charge in [0.05, 0.1) is 5.75 Å². The predicted octanol–water partition coefficient (Wildman–Crippen LogP) is -1.41. The lowest BCUT2D eigenvalue weighted by Crippen LogP contribution is -2.45. The molecule has 1 unspecified atom stereocenters. The van der Waals surface area contributed by atoms with Crippen molar-refractivity contribution in [2.75, 3.05) is 19.3 Å². The van der Waals surface area contributed by atoms with Crippen LogP contribution in [0.15, 0.2) is 0 Å². The van der Waals surface area contributed by atoms with Crippen molar-refractivity contribution in [3.63, 3.8) is 0 Å². The van der Waals surface area contributed by atoms with Gasteiger partial charge in [-0.1, -0.05) is 0 Å². The molecular formula is C8H17N3O4S. The van der Waals surface area contributed by atoms with Gasteiger partial charge >= 0.3 is 6.03 Å². The molecule has 7 nitrogen and oxygen atoms in total. The largest absolute Gasteiger partial charge is 0.341 e. The van der Waals surface area contributed by atoms with E-state index in [0.717, 1.165) is 0 Å². The summed E-state index contributed by atoms with van der Waals surface area (Å²) < 4.78 is 23.1. The highest BCUT2D eigenvalue weighted by Crippen LogP contribution is 2.03. The van der Waals surface area contributed by atoms with Crippen molar-refractivity contribution < 1.29 is 18.0 Å². The summed E-state index contributed by atoms with van der Waals surface area (Å²) in [4.78, 5) is 22.1. The smallest absolute Gasteiger partial charge is 0.321 e. The molecule has 1 atom stereocenters. The Morgan fingerprint density at radius 2 is 1.94 bits per heavy atom. The summed E-state index contributed by atoms with van der Waals surface area (Å²) in [5.41, 5.74) is 5.19. The second kappa shape index (κ2) is 6.44. The normalized spacial score (nSPS) is 12.9. The van der Waals surface area contributed by atoms with E-state index in [9.17, 15) is 18.0 Å². The lowest BCUT2D eigenvalue weighted by molar-refractivity contribution is -0.119. The van der Waals surface area contributed by atoms with Gasteiger partial charge < -0.3 is 11.1 Å². The van der Waals surface area contributed by atoms with Crippen LogP contribution < -0.4 is 16.4 Å². The second-order valence-corrected chi connectivity index (χ2v) is 5.66. The number of rotatable bonds is 5. The van der Waals surface area contributed by atoms with Crippen LogP contribution in [0, 0.1) is 0 Å². The van der Waals surface area contributed by atoms with Crippen LogP contribution in [0.2, 0.25) is 0 Å². The van der Waals surface area contributed by atoms with Crippen LogP contribution in [0.3, 0.4) is 0 Å². The molecule has 0 aromatic rings. The first kappa shape index (κ1) is 14.8. The minimum Gasteiger partial charge on any atom is -0.341 e. The molecule has 3 amide bonds. The molecule has 0 rings (SSSR count). The van der Waals surface area contributed by atoms with Gasteiger partial charge in [-0.3, -0.25) is 10.1 Å². The number of amides is 3. The fourth-order valence-electron chi connectivity index (χ4n) is 0.900. The topological polar surface area (TPSA) is 118 Å². The molecule has 94 valence electrons. The van der Waals surface area contributed by atoms with Crippen molar-refractivity contribution in [3.05, 3.63) is 0 Å². The Labute approximate surface area is 94.7 Å². The van der Waals surface area contributed by atoms with E-state index in [-0.39, 0.29) is 12.3 Å². The van der Waals surface area contributed by atoms with Crippen molar-refractivity contribution in [3.8, 4) is 0 Å². The average molecular weight is 251 g/mol. The van der Waals surface area contributed by atoms with E-state index in [1.54, 1.807) is 0 Å². The number of nitrogens with one attached hydrogen (secondary N) is 2. The van der Waals surface area contributed by atoms with E-state index in [0.29, 0.717) is 6.42 Å². The Morgan fingerprint density at radius 1 is 1.38 bits per heavy atom. The number of imide groups is 1. The minimum atomic E-state index is -3.55. The first-order valence-corrected chi connectivity index (χ1v) is 6.51. The zero-order valence-electron chi connectivity index (χ0n) is 9.32. The highest BCUT2D eigenvalue weighted by molar-refractivity contribution is 7.92. The molecule has 0 aromatic heterocycles. The fourth-order valence-corrected chi connectivity index (χ4v) is 2.21. The van der Waals surface area contributed by atoms with E-state index < -0.39 is 27.0 Å². The molecule has 0 bridgehead atoms. The molecule has 16 heavy (non-hydrogen) atoms. The van der Waals surface area contributed by atoms with Gasteiger partial charge in [-0.25, -0.2) is 13.2 Å². The monoisotopic (exact) mass is 251 g/mol. The van der Waals surface area contributed by atoms with E-state index in [1.807, 2.05) is 5.32 Å². The highest BCUT2D eigenvalue weighted by Gasteiger charge is 2.28. The van der Waals surface area contributed by atoms with Crippen molar-refractivity contribution >= 4 is 21.8 Å². The van der Waals surface area contributed by atoms with Gasteiger partial charge in [0.1, 0.15) is 5.25 Å². The summed E-state index contributed by atoms with van der Waals surface area (Å²) in [6.07, 6.45) is 0.292. The number of urea groups is 1. The second-order valence-electron chi connectivity index (χ2n) is 3.22. The Hall–Kier alpha value is -1.15. The van der Waals surface area contributed by atoms with Crippen LogP contribution in [0.5, 0.6) is 0 Å². The number of carbonyl (C=O) groups excluding carboxylic acids is 2. The SMILES string of the molecule is CNC(=O)NC(=O)C(C)S(=O)(=O)CCCN. The van der Waals surface area contributed by atoms with Gasteiger partial charge in [-0.15, -0.1) is 0 Å². The summed E-state index contributed by atoms with van der Waals surface area (Å²) in [5, 5.41) is 2.82. The first-order chi connectivity index (χ1) is 7.35. The quantitative estimate of drug-likeness (QED) is 0.555. The maximum Gasteiger partial charge on any atom is 0.321 e. The zero-order valence-corrected chi connectivity index (χ0v) is 10.1. The third-order valence-corrected chi connectivity index (χ3v) is 4.15. The van der Waals surface area contributed by atoms with E-state index in [4.69, 9.17) is 5.73 Å². The summed E-state index contributed by atoms with van der Waals surface area (Å²) in [6, 6.07) is -0.731. The fraction of sp³-hybridized carbons (Fsp3) is 0.750. The van der Waals surface area contributed by atoms with Gasteiger partial charge in [0, 0.05) is 7.05 Å². The van der Waals surface area contributed by atoms with Crippen LogP contribution >= 0.6 is 0 Å². The minimum absolute atomic E-state index is 0.161. The van der Waals surface area contributed by atoms with Crippen LogP contribution in [0.25, 0.3) is 0 Å². The van der Waals surface area contributed by atoms with E-state index in [2.05, 4.69) is 5.32 Å². The van der Waals surface area contributed by atoms with E-state index in [1.165, 1.54) is 14.0 Å². The molecule has 0 fully saturated rings. The Kier molecular flexibility index (Phi) is 5.97. The molecule has 0 aromatic carbocycles. The molecule has 0 aliphatic heterocycles. The zero-order chi connectivity index (χ0) is 12.8. The van der Waals surface area contributed by atoms with Crippen molar-refractivity contribution in [2.24, 2.45) is 5.73 Å². The third-order valence-electron chi connectivity index (χ3n) is 2.00. The predicted molar refractivity (Wildman–Crippen MR) is 59.5 cm³/mol. The molecule has 0 radical (unpaired) electrons. The number of hydrogen-bond donors (Lipinski definition) is 3. The maximum atomic E-state index is 11.6. The molecular weight excluding hydrogens is 234 g/mol. The molecule has 0 heterocycles. The lowest BCUT2D eigenvalue weighted by atomic mass is 10.4. The molecule has 0 saturated carbocycles. The van der Waals surface area contributed by atoms with Gasteiger partial charge in [-0.05, 0) is 19.9 Å². The Bertz CT molecular complexity index is 352. The molecule has 8 heteroatoms. The molecule has 0 saturated heterocycles. The molecule has 0 aliphatic carbocycles. The van der Waals surface area contributed by atoms with Crippen molar-refractivity contribution in [2.45, 2.75) is 18.6 Å². The average Bonchev–Trinajstić information content (AvgIpc) is 2.24. The van der Waals surface area contributed by atoms with Crippen LogP contribution in [-0.2, 0) is 14.6 Å². The Balaban J connectivity index is 4.48. The number of sulfone groups is 1. The maximum absolute atomic E-state index is 11.6. The Morgan fingerprint density at radius 3 is 2.38 bits per heavy atom. The van der Waals surface area contributed by atoms with Crippen LogP contribution in [0.4, 0.5) is 4.79 Å².